The van der Waals surface area contributed by atoms with Crippen molar-refractivity contribution in [3.63, 3.8) is 0 Å². The molecule has 0 atom stereocenters. The molecule has 1 aliphatic heterocycles. The topological polar surface area (TPSA) is 90.5 Å². The maximum atomic E-state index is 13.2. The quantitative estimate of drug-likeness (QED) is 0.214. The maximum Gasteiger partial charge on any atom is 0.416 e. The van der Waals surface area contributed by atoms with E-state index in [0.29, 0.717) is 28.1 Å². The summed E-state index contributed by atoms with van der Waals surface area (Å²) in [5, 5.41) is 8.51. The highest BCUT2D eigenvalue weighted by atomic mass is 19.4. The molecule has 1 fully saturated rings. The van der Waals surface area contributed by atoms with Crippen LogP contribution in [0.2, 0.25) is 0 Å². The zero-order valence-electron chi connectivity index (χ0n) is 23.1. The van der Waals surface area contributed by atoms with Crippen LogP contribution < -0.4 is 16.0 Å². The summed E-state index contributed by atoms with van der Waals surface area (Å²) in [6.07, 6.45) is -2.42. The van der Waals surface area contributed by atoms with Crippen LogP contribution in [0.25, 0.3) is 11.1 Å². The van der Waals surface area contributed by atoms with Gasteiger partial charge in [-0.05, 0) is 78.1 Å². The Morgan fingerprint density at radius 3 is 2.12 bits per heavy atom. The third-order valence-corrected chi connectivity index (χ3v) is 7.13. The summed E-state index contributed by atoms with van der Waals surface area (Å²) >= 11 is 0. The highest BCUT2D eigenvalue weighted by molar-refractivity contribution is 6.09. The van der Waals surface area contributed by atoms with E-state index in [1.165, 1.54) is 12.1 Å². The Balaban J connectivity index is 1.20. The first kappa shape index (κ1) is 29.4. The van der Waals surface area contributed by atoms with Crippen molar-refractivity contribution in [3.8, 4) is 11.1 Å². The monoisotopic (exact) mass is 586 g/mol. The lowest BCUT2D eigenvalue weighted by Crippen LogP contribution is -2.32. The van der Waals surface area contributed by atoms with Crippen molar-refractivity contribution < 1.29 is 27.6 Å². The molecule has 10 heteroatoms. The van der Waals surface area contributed by atoms with Gasteiger partial charge in [-0.2, -0.15) is 13.2 Å². The van der Waals surface area contributed by atoms with Gasteiger partial charge in [0.05, 0.1) is 5.56 Å². The number of nitrogens with zero attached hydrogens (tertiary/aromatic N) is 1. The number of alkyl halides is 3. The van der Waals surface area contributed by atoms with Crippen molar-refractivity contribution in [2.45, 2.75) is 25.6 Å². The summed E-state index contributed by atoms with van der Waals surface area (Å²) < 4.78 is 39.0. The number of likely N-dealkylation sites (tertiary alicyclic amines) is 1. The van der Waals surface area contributed by atoms with Crippen LogP contribution in [0.4, 0.5) is 29.3 Å². The van der Waals surface area contributed by atoms with E-state index in [-0.39, 0.29) is 24.0 Å². The summed E-state index contributed by atoms with van der Waals surface area (Å²) in [4.78, 5) is 40.1. The minimum Gasteiger partial charge on any atom is -0.348 e. The first-order chi connectivity index (χ1) is 20.7. The summed E-state index contributed by atoms with van der Waals surface area (Å²) in [6, 6.07) is 24.8. The SMILES string of the molecule is O=C(NCc1ccc(NC(=O)N2CCCC2)cc1)c1cccc(NC(=O)c2ccccc2-c2ccc(C(F)(F)F)cc2)c1. The predicted molar refractivity (Wildman–Crippen MR) is 159 cm³/mol. The summed E-state index contributed by atoms with van der Waals surface area (Å²) in [5.41, 5.74) is 2.69. The Kier molecular flexibility index (Phi) is 8.75. The van der Waals surface area contributed by atoms with E-state index < -0.39 is 17.6 Å². The van der Waals surface area contributed by atoms with Gasteiger partial charge in [-0.3, -0.25) is 9.59 Å². The van der Waals surface area contributed by atoms with Crippen LogP contribution in [-0.2, 0) is 12.7 Å². The smallest absolute Gasteiger partial charge is 0.348 e. The number of hydrogen-bond acceptors (Lipinski definition) is 3. The lowest BCUT2D eigenvalue weighted by Gasteiger charge is -2.16. The van der Waals surface area contributed by atoms with E-state index in [4.69, 9.17) is 0 Å². The van der Waals surface area contributed by atoms with Gasteiger partial charge in [-0.25, -0.2) is 4.79 Å². The molecule has 0 spiro atoms. The predicted octanol–water partition coefficient (Wildman–Crippen LogP) is 7.18. The van der Waals surface area contributed by atoms with Crippen LogP contribution in [0, 0.1) is 0 Å². The number of urea groups is 1. The zero-order chi connectivity index (χ0) is 30.4. The van der Waals surface area contributed by atoms with Crippen molar-refractivity contribution in [1.82, 2.24) is 10.2 Å². The molecule has 43 heavy (non-hydrogen) atoms. The van der Waals surface area contributed by atoms with E-state index in [9.17, 15) is 27.6 Å². The molecule has 1 heterocycles. The van der Waals surface area contributed by atoms with Crippen molar-refractivity contribution in [3.05, 3.63) is 119 Å². The molecule has 0 aromatic heterocycles. The largest absolute Gasteiger partial charge is 0.416 e. The van der Waals surface area contributed by atoms with Gasteiger partial charge in [0.15, 0.2) is 0 Å². The first-order valence-electron chi connectivity index (χ1n) is 13.8. The van der Waals surface area contributed by atoms with Crippen LogP contribution in [0.3, 0.4) is 0 Å². The van der Waals surface area contributed by atoms with Crippen molar-refractivity contribution in [1.29, 1.82) is 0 Å². The van der Waals surface area contributed by atoms with E-state index in [0.717, 1.165) is 43.6 Å². The zero-order valence-corrected chi connectivity index (χ0v) is 23.1. The number of halogens is 3. The minimum absolute atomic E-state index is 0.117. The Hall–Kier alpha value is -5.12. The normalized spacial score (nSPS) is 13.0. The fraction of sp³-hybridized carbons (Fsp3) is 0.182. The highest BCUT2D eigenvalue weighted by Gasteiger charge is 2.30. The van der Waals surface area contributed by atoms with Crippen LogP contribution >= 0.6 is 0 Å². The van der Waals surface area contributed by atoms with Gasteiger partial charge in [0, 0.05) is 42.1 Å². The van der Waals surface area contributed by atoms with Gasteiger partial charge in [0.25, 0.3) is 11.8 Å². The number of rotatable bonds is 7. The number of benzene rings is 4. The summed E-state index contributed by atoms with van der Waals surface area (Å²) in [6.45, 7) is 1.78. The molecule has 1 saturated heterocycles. The van der Waals surface area contributed by atoms with Gasteiger partial charge >= 0.3 is 12.2 Å². The molecule has 0 saturated carbocycles. The van der Waals surface area contributed by atoms with Gasteiger partial charge in [-0.1, -0.05) is 48.5 Å². The average molecular weight is 587 g/mol. The third kappa shape index (κ3) is 7.40. The number of amides is 4. The standard InChI is InChI=1S/C33H29F3N4O3/c34-33(35,36)25-14-12-23(13-15-25)28-8-1-2-9-29(28)31(42)38-27-7-5-6-24(20-27)30(41)37-21-22-10-16-26(17-11-22)39-32(43)40-18-3-4-19-40/h1-2,5-17,20H,3-4,18-19,21H2,(H,37,41)(H,38,42)(H,39,43). The minimum atomic E-state index is -4.46. The number of carbonyl (C=O) groups is 3. The van der Waals surface area contributed by atoms with Crippen molar-refractivity contribution >= 4 is 29.2 Å². The molecule has 1 aliphatic rings. The van der Waals surface area contributed by atoms with Crippen LogP contribution in [0.1, 0.15) is 44.7 Å². The second-order valence-corrected chi connectivity index (χ2v) is 10.2. The summed E-state index contributed by atoms with van der Waals surface area (Å²) in [5.74, 6) is -0.808. The Morgan fingerprint density at radius 1 is 0.721 bits per heavy atom. The molecule has 7 nitrogen and oxygen atoms in total. The van der Waals surface area contributed by atoms with Crippen molar-refractivity contribution in [2.24, 2.45) is 0 Å². The lowest BCUT2D eigenvalue weighted by molar-refractivity contribution is -0.137. The molecule has 5 rings (SSSR count). The average Bonchev–Trinajstić information content (AvgIpc) is 3.56. The molecule has 0 unspecified atom stereocenters. The molecule has 220 valence electrons. The van der Waals surface area contributed by atoms with E-state index in [2.05, 4.69) is 16.0 Å². The number of hydrogen-bond donors (Lipinski definition) is 3. The highest BCUT2D eigenvalue weighted by Crippen LogP contribution is 2.32. The van der Waals surface area contributed by atoms with Gasteiger partial charge in [-0.15, -0.1) is 0 Å². The van der Waals surface area contributed by atoms with Gasteiger partial charge < -0.3 is 20.9 Å². The van der Waals surface area contributed by atoms with E-state index >= 15 is 0 Å². The Bertz CT molecular complexity index is 1610. The van der Waals surface area contributed by atoms with Crippen LogP contribution in [0.15, 0.2) is 97.1 Å². The molecule has 0 radical (unpaired) electrons. The second-order valence-electron chi connectivity index (χ2n) is 10.2. The number of nitrogens with one attached hydrogen (secondary N) is 3. The maximum absolute atomic E-state index is 13.2. The molecular formula is C33H29F3N4O3. The fourth-order valence-corrected chi connectivity index (χ4v) is 4.82. The molecule has 4 amide bonds. The first-order valence-corrected chi connectivity index (χ1v) is 13.8. The third-order valence-electron chi connectivity index (χ3n) is 7.13. The lowest BCUT2D eigenvalue weighted by atomic mass is 9.98. The van der Waals surface area contributed by atoms with E-state index in [1.807, 2.05) is 12.1 Å². The number of anilines is 2. The summed E-state index contributed by atoms with van der Waals surface area (Å²) in [7, 11) is 0. The second kappa shape index (κ2) is 12.8. The molecule has 3 N–H and O–H groups in total. The molecule has 0 bridgehead atoms. The van der Waals surface area contributed by atoms with E-state index in [1.54, 1.807) is 65.6 Å². The Labute approximate surface area is 246 Å². The molecule has 4 aromatic carbocycles. The van der Waals surface area contributed by atoms with Gasteiger partial charge in [0.2, 0.25) is 0 Å². The molecular weight excluding hydrogens is 557 g/mol. The Morgan fingerprint density at radius 2 is 1.42 bits per heavy atom. The molecule has 0 aliphatic carbocycles. The molecule has 4 aromatic rings. The van der Waals surface area contributed by atoms with Crippen LogP contribution in [-0.4, -0.2) is 35.8 Å². The fourth-order valence-electron chi connectivity index (χ4n) is 4.82. The number of carbonyl (C=O) groups excluding carboxylic acids is 3. The van der Waals surface area contributed by atoms with Gasteiger partial charge in [0.1, 0.15) is 0 Å². The van der Waals surface area contributed by atoms with Crippen LogP contribution in [0.5, 0.6) is 0 Å². The van der Waals surface area contributed by atoms with Crippen molar-refractivity contribution in [2.75, 3.05) is 23.7 Å².